The molecule has 2 aromatic rings. The number of carbonyl (C=O) groups is 1. The third kappa shape index (κ3) is 4.77. The van der Waals surface area contributed by atoms with E-state index in [0.717, 1.165) is 12.0 Å². The number of hydrogen-bond acceptors (Lipinski definition) is 3. The van der Waals surface area contributed by atoms with Crippen molar-refractivity contribution in [1.29, 1.82) is 0 Å². The summed E-state index contributed by atoms with van der Waals surface area (Å²) in [6.45, 7) is 6.57. The van der Waals surface area contributed by atoms with Crippen LogP contribution in [-0.4, -0.2) is 27.6 Å². The van der Waals surface area contributed by atoms with Gasteiger partial charge in [-0.1, -0.05) is 17.3 Å². The lowest BCUT2D eigenvalue weighted by molar-refractivity contribution is 0.237. The quantitative estimate of drug-likeness (QED) is 0.804. The molecule has 7 heteroatoms. The summed E-state index contributed by atoms with van der Waals surface area (Å²) in [6, 6.07) is 3.09. The molecule has 0 spiro atoms. The molecule has 0 aliphatic carbocycles. The summed E-state index contributed by atoms with van der Waals surface area (Å²) in [6.07, 6.45) is 4.16. The molecule has 0 aliphatic rings. The summed E-state index contributed by atoms with van der Waals surface area (Å²) in [5.74, 6) is -0.196. The minimum Gasteiger partial charge on any atom is -0.338 e. The Kier molecular flexibility index (Phi) is 5.67. The molecule has 0 saturated heterocycles. The zero-order chi connectivity index (χ0) is 16.8. The van der Waals surface area contributed by atoms with Crippen molar-refractivity contribution < 1.29 is 9.18 Å². The molecule has 0 unspecified atom stereocenters. The molecule has 0 aliphatic heterocycles. The van der Waals surface area contributed by atoms with Gasteiger partial charge in [0.1, 0.15) is 5.82 Å². The highest BCUT2D eigenvalue weighted by Gasteiger charge is 2.12. The van der Waals surface area contributed by atoms with Crippen molar-refractivity contribution >= 4 is 6.03 Å². The Labute approximate surface area is 135 Å². The van der Waals surface area contributed by atoms with Gasteiger partial charge < -0.3 is 10.6 Å². The molecular weight excluding hydrogens is 297 g/mol. The van der Waals surface area contributed by atoms with Crippen LogP contribution >= 0.6 is 0 Å². The standard InChI is InChI=1S/C16H22FN5O/c1-11-9-14(10-12(2)15(11)17)13(3)20-16(23)18-5-4-7-22-8-6-19-21-22/h6,8-10,13H,4-5,7H2,1-3H3,(H2,18,20,23)/t13-/m1/s1. The van der Waals surface area contributed by atoms with E-state index in [1.54, 1.807) is 43.1 Å². The number of rotatable bonds is 6. The molecule has 124 valence electrons. The van der Waals surface area contributed by atoms with E-state index in [1.807, 2.05) is 6.92 Å². The molecule has 1 aromatic heterocycles. The fourth-order valence-electron chi connectivity index (χ4n) is 2.36. The van der Waals surface area contributed by atoms with Crippen LogP contribution in [0.3, 0.4) is 0 Å². The van der Waals surface area contributed by atoms with Gasteiger partial charge in [-0.3, -0.25) is 4.68 Å². The monoisotopic (exact) mass is 319 g/mol. The lowest BCUT2D eigenvalue weighted by Gasteiger charge is -2.17. The van der Waals surface area contributed by atoms with E-state index in [-0.39, 0.29) is 17.9 Å². The van der Waals surface area contributed by atoms with Crippen LogP contribution in [0, 0.1) is 19.7 Å². The molecule has 0 radical (unpaired) electrons. The maximum Gasteiger partial charge on any atom is 0.315 e. The highest BCUT2D eigenvalue weighted by atomic mass is 19.1. The molecule has 0 fully saturated rings. The first-order valence-electron chi connectivity index (χ1n) is 7.62. The zero-order valence-corrected chi connectivity index (χ0v) is 13.6. The van der Waals surface area contributed by atoms with E-state index in [2.05, 4.69) is 20.9 Å². The Morgan fingerprint density at radius 3 is 2.65 bits per heavy atom. The zero-order valence-electron chi connectivity index (χ0n) is 13.6. The summed E-state index contributed by atoms with van der Waals surface area (Å²) in [5, 5.41) is 13.2. The number of carbonyl (C=O) groups excluding carboxylic acids is 1. The number of aryl methyl sites for hydroxylation is 3. The van der Waals surface area contributed by atoms with Gasteiger partial charge in [-0.2, -0.15) is 0 Å². The average Bonchev–Trinajstić information content (AvgIpc) is 3.02. The van der Waals surface area contributed by atoms with Crippen LogP contribution in [0.5, 0.6) is 0 Å². The fraction of sp³-hybridized carbons (Fsp3) is 0.438. The Hall–Kier alpha value is -2.44. The summed E-state index contributed by atoms with van der Waals surface area (Å²) in [4.78, 5) is 11.9. The van der Waals surface area contributed by atoms with Gasteiger partial charge in [0.15, 0.2) is 0 Å². The first-order valence-corrected chi connectivity index (χ1v) is 7.62. The average molecular weight is 319 g/mol. The van der Waals surface area contributed by atoms with Crippen molar-refractivity contribution in [3.63, 3.8) is 0 Å². The number of hydrogen-bond donors (Lipinski definition) is 2. The first-order chi connectivity index (χ1) is 11.0. The van der Waals surface area contributed by atoms with Gasteiger partial charge in [0.05, 0.1) is 12.2 Å². The fourth-order valence-corrected chi connectivity index (χ4v) is 2.36. The third-order valence-corrected chi connectivity index (χ3v) is 3.63. The van der Waals surface area contributed by atoms with Gasteiger partial charge in [0, 0.05) is 19.3 Å². The van der Waals surface area contributed by atoms with Crippen LogP contribution in [0.25, 0.3) is 0 Å². The number of urea groups is 1. The number of nitrogens with one attached hydrogen (secondary N) is 2. The van der Waals surface area contributed by atoms with Crippen LogP contribution in [0.4, 0.5) is 9.18 Å². The number of aromatic nitrogens is 3. The predicted octanol–water partition coefficient (Wildman–Crippen LogP) is 2.48. The van der Waals surface area contributed by atoms with E-state index in [1.165, 1.54) is 0 Å². The van der Waals surface area contributed by atoms with Gasteiger partial charge in [0.2, 0.25) is 0 Å². The van der Waals surface area contributed by atoms with E-state index in [9.17, 15) is 9.18 Å². The molecule has 23 heavy (non-hydrogen) atoms. The highest BCUT2D eigenvalue weighted by Crippen LogP contribution is 2.19. The van der Waals surface area contributed by atoms with Crippen molar-refractivity contribution in [2.75, 3.05) is 6.54 Å². The highest BCUT2D eigenvalue weighted by molar-refractivity contribution is 5.74. The maximum absolute atomic E-state index is 13.6. The molecule has 1 atom stereocenters. The van der Waals surface area contributed by atoms with E-state index >= 15 is 0 Å². The molecule has 2 N–H and O–H groups in total. The molecule has 0 saturated carbocycles. The molecule has 0 bridgehead atoms. The summed E-state index contributed by atoms with van der Waals surface area (Å²) >= 11 is 0. The van der Waals surface area contributed by atoms with Crippen LogP contribution in [0.1, 0.15) is 36.1 Å². The molecule has 1 heterocycles. The van der Waals surface area contributed by atoms with Crippen molar-refractivity contribution in [2.45, 2.75) is 39.8 Å². The van der Waals surface area contributed by atoms with Gasteiger partial charge in [-0.05, 0) is 43.9 Å². The van der Waals surface area contributed by atoms with Gasteiger partial charge in [-0.25, -0.2) is 9.18 Å². The number of benzene rings is 1. The lowest BCUT2D eigenvalue weighted by atomic mass is 10.0. The minimum absolute atomic E-state index is 0.191. The van der Waals surface area contributed by atoms with E-state index < -0.39 is 0 Å². The Morgan fingerprint density at radius 2 is 2.04 bits per heavy atom. The number of nitrogens with zero attached hydrogens (tertiary/aromatic N) is 3. The Morgan fingerprint density at radius 1 is 1.35 bits per heavy atom. The van der Waals surface area contributed by atoms with Crippen LogP contribution in [0.15, 0.2) is 24.5 Å². The Balaban J connectivity index is 1.78. The molecular formula is C16H22FN5O. The minimum atomic E-state index is -0.240. The largest absolute Gasteiger partial charge is 0.338 e. The predicted molar refractivity (Wildman–Crippen MR) is 85.5 cm³/mol. The topological polar surface area (TPSA) is 71.8 Å². The number of halogens is 1. The second-order valence-electron chi connectivity index (χ2n) is 5.61. The first kappa shape index (κ1) is 16.9. The van der Waals surface area contributed by atoms with Crippen molar-refractivity contribution in [3.8, 4) is 0 Å². The molecule has 6 nitrogen and oxygen atoms in total. The van der Waals surface area contributed by atoms with Gasteiger partial charge in [-0.15, -0.1) is 5.10 Å². The van der Waals surface area contributed by atoms with Crippen molar-refractivity contribution in [3.05, 3.63) is 47.0 Å². The number of amides is 2. The van der Waals surface area contributed by atoms with E-state index in [0.29, 0.717) is 24.2 Å². The molecule has 2 rings (SSSR count). The second-order valence-corrected chi connectivity index (χ2v) is 5.61. The second kappa shape index (κ2) is 7.71. The molecule has 1 aromatic carbocycles. The van der Waals surface area contributed by atoms with Crippen LogP contribution in [-0.2, 0) is 6.54 Å². The van der Waals surface area contributed by atoms with Gasteiger partial charge in [0.25, 0.3) is 0 Å². The summed E-state index contributed by atoms with van der Waals surface area (Å²) < 4.78 is 15.4. The lowest BCUT2D eigenvalue weighted by Crippen LogP contribution is -2.37. The van der Waals surface area contributed by atoms with Crippen molar-refractivity contribution in [1.82, 2.24) is 25.6 Å². The Bertz CT molecular complexity index is 633. The van der Waals surface area contributed by atoms with Crippen LogP contribution < -0.4 is 10.6 Å². The maximum atomic E-state index is 13.6. The van der Waals surface area contributed by atoms with Crippen molar-refractivity contribution in [2.24, 2.45) is 0 Å². The summed E-state index contributed by atoms with van der Waals surface area (Å²) in [7, 11) is 0. The molecule has 2 amide bonds. The summed E-state index contributed by atoms with van der Waals surface area (Å²) in [5.41, 5.74) is 2.06. The van der Waals surface area contributed by atoms with Crippen LogP contribution in [0.2, 0.25) is 0 Å². The normalized spacial score (nSPS) is 12.0. The SMILES string of the molecule is Cc1cc([C@@H](C)NC(=O)NCCCn2ccnn2)cc(C)c1F. The van der Waals surface area contributed by atoms with E-state index in [4.69, 9.17) is 0 Å². The smallest absolute Gasteiger partial charge is 0.315 e. The van der Waals surface area contributed by atoms with Gasteiger partial charge >= 0.3 is 6.03 Å². The third-order valence-electron chi connectivity index (χ3n) is 3.63.